The maximum atomic E-state index is 11.1. The van der Waals surface area contributed by atoms with Gasteiger partial charge in [-0.25, -0.2) is 0 Å². The number of thioether (sulfide) groups is 1. The Kier molecular flexibility index (Phi) is 4.15. The molecule has 1 aromatic heterocycles. The highest BCUT2D eigenvalue weighted by Gasteiger charge is 2.10. The van der Waals surface area contributed by atoms with Crippen LogP contribution in [-0.2, 0) is 5.75 Å². The van der Waals surface area contributed by atoms with Crippen LogP contribution in [0, 0.1) is 0 Å². The van der Waals surface area contributed by atoms with Gasteiger partial charge in [-0.15, -0.1) is 16.9 Å². The van der Waals surface area contributed by atoms with Crippen LogP contribution in [0.1, 0.15) is 16.2 Å². The van der Waals surface area contributed by atoms with E-state index in [9.17, 15) is 9.90 Å². The number of hydrogen-bond donors (Lipinski definition) is 0. The van der Waals surface area contributed by atoms with Crippen LogP contribution in [0.5, 0.6) is 0 Å². The average molecular weight is 311 g/mol. The normalized spacial score (nSPS) is 10.5. The number of para-hydroxylation sites is 1. The Bertz CT molecular complexity index is 789. The van der Waals surface area contributed by atoms with Crippen molar-refractivity contribution in [2.75, 3.05) is 0 Å². The number of aromatic nitrogens is 4. The molecule has 0 unspecified atom stereocenters. The molecule has 0 saturated carbocycles. The van der Waals surface area contributed by atoms with E-state index in [0.29, 0.717) is 16.5 Å². The van der Waals surface area contributed by atoms with Crippen LogP contribution in [0.15, 0.2) is 59.5 Å². The van der Waals surface area contributed by atoms with Crippen molar-refractivity contribution in [2.45, 2.75) is 10.6 Å². The largest absolute Gasteiger partial charge is 0.545 e. The Morgan fingerprint density at radius 2 is 1.82 bits per heavy atom. The Morgan fingerprint density at radius 3 is 2.59 bits per heavy atom. The van der Waals surface area contributed by atoms with E-state index in [1.807, 2.05) is 30.3 Å². The predicted molar refractivity (Wildman–Crippen MR) is 79.5 cm³/mol. The molecular formula is C15H11N4O2S-. The monoisotopic (exact) mass is 311 g/mol. The third-order valence-corrected chi connectivity index (χ3v) is 4.07. The molecule has 0 aliphatic carbocycles. The van der Waals surface area contributed by atoms with Crippen LogP contribution in [-0.4, -0.2) is 26.2 Å². The number of carbonyl (C=O) groups is 1. The van der Waals surface area contributed by atoms with Crippen LogP contribution in [0.2, 0.25) is 0 Å². The van der Waals surface area contributed by atoms with E-state index in [0.717, 1.165) is 5.69 Å². The first kappa shape index (κ1) is 14.3. The summed E-state index contributed by atoms with van der Waals surface area (Å²) in [6, 6.07) is 16.2. The number of rotatable bonds is 5. The SMILES string of the molecule is O=C([O-])c1ccccc1SCc1nnnn1-c1ccccc1. The van der Waals surface area contributed by atoms with Crippen molar-refractivity contribution in [2.24, 2.45) is 0 Å². The first-order valence-electron chi connectivity index (χ1n) is 6.51. The van der Waals surface area contributed by atoms with Crippen LogP contribution in [0.4, 0.5) is 0 Å². The minimum absolute atomic E-state index is 0.172. The minimum Gasteiger partial charge on any atom is -0.545 e. The summed E-state index contributed by atoms with van der Waals surface area (Å²) in [5.41, 5.74) is 1.03. The molecule has 0 atom stereocenters. The van der Waals surface area contributed by atoms with Gasteiger partial charge in [0.1, 0.15) is 0 Å². The molecular weight excluding hydrogens is 300 g/mol. The summed E-state index contributed by atoms with van der Waals surface area (Å²) in [4.78, 5) is 11.7. The quantitative estimate of drug-likeness (QED) is 0.661. The van der Waals surface area contributed by atoms with Gasteiger partial charge in [0.05, 0.1) is 17.4 Å². The van der Waals surface area contributed by atoms with Crippen molar-refractivity contribution in [1.82, 2.24) is 20.2 Å². The summed E-state index contributed by atoms with van der Waals surface area (Å²) in [6.45, 7) is 0. The van der Waals surface area contributed by atoms with E-state index in [-0.39, 0.29) is 5.56 Å². The minimum atomic E-state index is -1.19. The molecule has 0 radical (unpaired) electrons. The molecule has 0 aliphatic rings. The smallest absolute Gasteiger partial charge is 0.166 e. The number of carboxylic acid groups (broad SMARTS) is 1. The Morgan fingerprint density at radius 1 is 1.09 bits per heavy atom. The van der Waals surface area contributed by atoms with E-state index < -0.39 is 5.97 Å². The molecule has 0 amide bonds. The first-order valence-corrected chi connectivity index (χ1v) is 7.50. The van der Waals surface area contributed by atoms with Crippen molar-refractivity contribution < 1.29 is 9.90 Å². The topological polar surface area (TPSA) is 83.7 Å². The van der Waals surface area contributed by atoms with Gasteiger partial charge in [0.25, 0.3) is 0 Å². The summed E-state index contributed by atoms with van der Waals surface area (Å²) in [5.74, 6) is -0.0956. The fourth-order valence-electron chi connectivity index (χ4n) is 1.97. The van der Waals surface area contributed by atoms with E-state index in [4.69, 9.17) is 0 Å². The zero-order valence-corrected chi connectivity index (χ0v) is 12.2. The second-order valence-corrected chi connectivity index (χ2v) is 5.43. The van der Waals surface area contributed by atoms with E-state index in [2.05, 4.69) is 15.5 Å². The lowest BCUT2D eigenvalue weighted by Crippen LogP contribution is -2.22. The molecule has 3 rings (SSSR count). The Labute approximate surface area is 130 Å². The number of carboxylic acids is 1. The summed E-state index contributed by atoms with van der Waals surface area (Å²) < 4.78 is 1.63. The van der Waals surface area contributed by atoms with Gasteiger partial charge in [-0.05, 0) is 28.6 Å². The summed E-state index contributed by atoms with van der Waals surface area (Å²) in [5, 5.41) is 22.8. The van der Waals surface area contributed by atoms with Crippen molar-refractivity contribution in [1.29, 1.82) is 0 Å². The molecule has 0 saturated heterocycles. The lowest BCUT2D eigenvalue weighted by atomic mass is 10.2. The number of benzene rings is 2. The molecule has 7 heteroatoms. The molecule has 3 aromatic rings. The van der Waals surface area contributed by atoms with Gasteiger partial charge in [-0.2, -0.15) is 4.68 Å². The highest BCUT2D eigenvalue weighted by molar-refractivity contribution is 7.98. The van der Waals surface area contributed by atoms with E-state index in [1.165, 1.54) is 17.8 Å². The molecule has 0 N–H and O–H groups in total. The van der Waals surface area contributed by atoms with Gasteiger partial charge in [0, 0.05) is 10.5 Å². The number of hydrogen-bond acceptors (Lipinski definition) is 6. The molecule has 110 valence electrons. The van der Waals surface area contributed by atoms with Crippen molar-refractivity contribution in [3.63, 3.8) is 0 Å². The van der Waals surface area contributed by atoms with Crippen molar-refractivity contribution >= 4 is 17.7 Å². The van der Waals surface area contributed by atoms with E-state index in [1.54, 1.807) is 22.9 Å². The Hall–Kier alpha value is -2.67. The zero-order chi connectivity index (χ0) is 15.4. The van der Waals surface area contributed by atoms with E-state index >= 15 is 0 Å². The Balaban J connectivity index is 1.82. The van der Waals surface area contributed by atoms with Gasteiger partial charge < -0.3 is 9.90 Å². The number of nitrogens with zero attached hydrogens (tertiary/aromatic N) is 4. The van der Waals surface area contributed by atoms with Gasteiger partial charge >= 0.3 is 0 Å². The number of tetrazole rings is 1. The van der Waals surface area contributed by atoms with Crippen LogP contribution >= 0.6 is 11.8 Å². The summed E-state index contributed by atoms with van der Waals surface area (Å²) in [7, 11) is 0. The summed E-state index contributed by atoms with van der Waals surface area (Å²) >= 11 is 1.36. The maximum absolute atomic E-state index is 11.1. The van der Waals surface area contributed by atoms with Crippen LogP contribution < -0.4 is 5.11 Å². The van der Waals surface area contributed by atoms with Crippen molar-refractivity contribution in [3.8, 4) is 5.69 Å². The highest BCUT2D eigenvalue weighted by Crippen LogP contribution is 2.25. The lowest BCUT2D eigenvalue weighted by molar-refractivity contribution is -0.255. The van der Waals surface area contributed by atoms with Gasteiger partial charge in [-0.3, -0.25) is 0 Å². The number of carbonyl (C=O) groups excluding carboxylic acids is 1. The van der Waals surface area contributed by atoms with Crippen LogP contribution in [0.3, 0.4) is 0 Å². The second kappa shape index (κ2) is 6.40. The molecule has 22 heavy (non-hydrogen) atoms. The van der Waals surface area contributed by atoms with Crippen molar-refractivity contribution in [3.05, 3.63) is 66.0 Å². The predicted octanol–water partition coefficient (Wildman–Crippen LogP) is 1.32. The van der Waals surface area contributed by atoms with Gasteiger partial charge in [-0.1, -0.05) is 36.4 Å². The standard InChI is InChI=1S/C15H12N4O2S/c20-15(21)12-8-4-5-9-13(12)22-10-14-16-17-18-19(14)11-6-2-1-3-7-11/h1-9H,10H2,(H,20,21)/p-1. The number of aromatic carboxylic acids is 1. The molecule has 0 spiro atoms. The second-order valence-electron chi connectivity index (χ2n) is 4.41. The molecule has 6 nitrogen and oxygen atoms in total. The van der Waals surface area contributed by atoms with Crippen LogP contribution in [0.25, 0.3) is 5.69 Å². The molecule has 0 bridgehead atoms. The zero-order valence-electron chi connectivity index (χ0n) is 11.4. The fraction of sp³-hybridized carbons (Fsp3) is 0.0667. The first-order chi connectivity index (χ1) is 10.8. The molecule has 1 heterocycles. The average Bonchev–Trinajstić information content (AvgIpc) is 3.02. The third-order valence-electron chi connectivity index (χ3n) is 3.00. The van der Waals surface area contributed by atoms with Gasteiger partial charge in [0.15, 0.2) is 5.82 Å². The third kappa shape index (κ3) is 2.99. The lowest BCUT2D eigenvalue weighted by Gasteiger charge is -2.09. The molecule has 2 aromatic carbocycles. The van der Waals surface area contributed by atoms with Gasteiger partial charge in [0.2, 0.25) is 0 Å². The highest BCUT2D eigenvalue weighted by atomic mass is 32.2. The fourth-order valence-corrected chi connectivity index (χ4v) is 2.92. The summed E-state index contributed by atoms with van der Waals surface area (Å²) in [6.07, 6.45) is 0. The molecule has 0 fully saturated rings. The maximum Gasteiger partial charge on any atom is 0.166 e. The molecule has 0 aliphatic heterocycles.